The Labute approximate surface area is 158 Å². The van der Waals surface area contributed by atoms with E-state index in [1.54, 1.807) is 7.11 Å². The number of pyridine rings is 1. The minimum Gasteiger partial charge on any atom is -0.398 e. The first-order chi connectivity index (χ1) is 13.2. The standard InChI is InChI=1S/C22H20BNO3/c1-14(25-2)16-8-4-5-9-18(16)23-26-21-12-11-20-17(22(21)27-23)13-15-7-3-6-10-19(15)24-20/h3-14,21-22H,1-2H3/t14-,21-,22+/m0/s1. The van der Waals surface area contributed by atoms with Crippen LogP contribution in [0.2, 0.25) is 0 Å². The van der Waals surface area contributed by atoms with Crippen LogP contribution in [0.15, 0.2) is 60.7 Å². The highest BCUT2D eigenvalue weighted by Crippen LogP contribution is 2.38. The van der Waals surface area contributed by atoms with Gasteiger partial charge in [-0.2, -0.15) is 0 Å². The predicted molar refractivity (Wildman–Crippen MR) is 107 cm³/mol. The molecule has 2 heterocycles. The van der Waals surface area contributed by atoms with Gasteiger partial charge in [-0.15, -0.1) is 0 Å². The van der Waals surface area contributed by atoms with Gasteiger partial charge < -0.3 is 14.0 Å². The first-order valence-electron chi connectivity index (χ1n) is 9.25. The van der Waals surface area contributed by atoms with E-state index >= 15 is 0 Å². The molecule has 3 atom stereocenters. The second kappa shape index (κ2) is 6.61. The monoisotopic (exact) mass is 357 g/mol. The Balaban J connectivity index is 1.52. The molecule has 0 bridgehead atoms. The summed E-state index contributed by atoms with van der Waals surface area (Å²) in [5.74, 6) is 0. The molecule has 0 saturated carbocycles. The van der Waals surface area contributed by atoms with Crippen molar-refractivity contribution in [2.75, 3.05) is 7.11 Å². The molecule has 0 spiro atoms. The number of hydrogen-bond acceptors (Lipinski definition) is 4. The highest BCUT2D eigenvalue weighted by atomic mass is 16.7. The summed E-state index contributed by atoms with van der Waals surface area (Å²) in [6.45, 7) is 2.03. The van der Waals surface area contributed by atoms with E-state index in [0.717, 1.165) is 33.2 Å². The number of para-hydroxylation sites is 1. The molecule has 4 nitrogen and oxygen atoms in total. The van der Waals surface area contributed by atoms with Gasteiger partial charge >= 0.3 is 7.12 Å². The lowest BCUT2D eigenvalue weighted by Gasteiger charge is -2.22. The largest absolute Gasteiger partial charge is 0.495 e. The van der Waals surface area contributed by atoms with Crippen molar-refractivity contribution < 1.29 is 14.0 Å². The third-order valence-electron chi connectivity index (χ3n) is 5.43. The first-order valence-corrected chi connectivity index (χ1v) is 9.25. The molecule has 0 N–H and O–H groups in total. The van der Waals surface area contributed by atoms with Gasteiger partial charge in [0.2, 0.25) is 0 Å². The third-order valence-corrected chi connectivity index (χ3v) is 5.43. The topological polar surface area (TPSA) is 40.6 Å². The van der Waals surface area contributed by atoms with Crippen molar-refractivity contribution in [1.29, 1.82) is 0 Å². The molecule has 5 rings (SSSR count). The van der Waals surface area contributed by atoms with Gasteiger partial charge in [0.1, 0.15) is 0 Å². The van der Waals surface area contributed by atoms with Gasteiger partial charge in [-0.05, 0) is 36.2 Å². The van der Waals surface area contributed by atoms with Crippen LogP contribution in [0.25, 0.3) is 17.0 Å². The number of ether oxygens (including phenoxy) is 1. The summed E-state index contributed by atoms with van der Waals surface area (Å²) in [4.78, 5) is 4.79. The molecule has 134 valence electrons. The molecule has 0 unspecified atom stereocenters. The average molecular weight is 357 g/mol. The summed E-state index contributed by atoms with van der Waals surface area (Å²) >= 11 is 0. The summed E-state index contributed by atoms with van der Waals surface area (Å²) in [7, 11) is 1.30. The molecule has 1 saturated heterocycles. The maximum atomic E-state index is 6.39. The van der Waals surface area contributed by atoms with Gasteiger partial charge in [-0.1, -0.05) is 48.5 Å². The quantitative estimate of drug-likeness (QED) is 0.669. The Morgan fingerprint density at radius 1 is 1.07 bits per heavy atom. The highest BCUT2D eigenvalue weighted by Gasteiger charge is 2.44. The SMILES string of the molecule is CO[C@@H](C)c1ccccc1B1O[C@H]2C=Cc3nc4ccccc4cc3[C@H]2O1. The molecule has 1 aliphatic carbocycles. The van der Waals surface area contributed by atoms with Crippen LogP contribution in [0.3, 0.4) is 0 Å². The molecular weight excluding hydrogens is 337 g/mol. The summed E-state index contributed by atoms with van der Waals surface area (Å²) in [5.41, 5.74) is 5.14. The van der Waals surface area contributed by atoms with Gasteiger partial charge in [0, 0.05) is 18.1 Å². The first kappa shape index (κ1) is 16.7. The lowest BCUT2D eigenvalue weighted by atomic mass is 9.75. The van der Waals surface area contributed by atoms with Crippen LogP contribution < -0.4 is 5.46 Å². The van der Waals surface area contributed by atoms with E-state index in [9.17, 15) is 0 Å². The number of aromatic nitrogens is 1. The van der Waals surface area contributed by atoms with Crippen LogP contribution in [0.5, 0.6) is 0 Å². The van der Waals surface area contributed by atoms with Gasteiger partial charge in [0.05, 0.1) is 29.5 Å². The van der Waals surface area contributed by atoms with Crippen LogP contribution in [-0.4, -0.2) is 25.3 Å². The zero-order chi connectivity index (χ0) is 18.4. The molecule has 0 radical (unpaired) electrons. The Kier molecular flexibility index (Phi) is 4.08. The molecular formula is C22H20BNO3. The summed E-state index contributed by atoms with van der Waals surface area (Å²) < 4.78 is 18.2. The van der Waals surface area contributed by atoms with Gasteiger partial charge in [0.25, 0.3) is 0 Å². The number of hydrogen-bond donors (Lipinski definition) is 0. The van der Waals surface area contributed by atoms with Crippen LogP contribution in [0, 0.1) is 0 Å². The fourth-order valence-corrected chi connectivity index (χ4v) is 3.92. The summed E-state index contributed by atoms with van der Waals surface area (Å²) in [6.07, 6.45) is 3.80. The maximum Gasteiger partial charge on any atom is 0.495 e. The summed E-state index contributed by atoms with van der Waals surface area (Å²) in [6, 6.07) is 18.5. The van der Waals surface area contributed by atoms with E-state index in [1.807, 2.05) is 43.3 Å². The highest BCUT2D eigenvalue weighted by molar-refractivity contribution is 6.62. The minimum absolute atomic E-state index is 0.0236. The molecule has 27 heavy (non-hydrogen) atoms. The zero-order valence-electron chi connectivity index (χ0n) is 15.3. The Morgan fingerprint density at radius 2 is 1.89 bits per heavy atom. The predicted octanol–water partition coefficient (Wildman–Crippen LogP) is 3.82. The number of benzene rings is 2. The molecule has 1 fully saturated rings. The van der Waals surface area contributed by atoms with Crippen molar-refractivity contribution >= 4 is 29.6 Å². The van der Waals surface area contributed by atoms with E-state index < -0.39 is 7.12 Å². The van der Waals surface area contributed by atoms with Gasteiger partial charge in [0.15, 0.2) is 0 Å². The van der Waals surface area contributed by atoms with Crippen LogP contribution >= 0.6 is 0 Å². The lowest BCUT2D eigenvalue weighted by molar-refractivity contribution is 0.120. The van der Waals surface area contributed by atoms with E-state index in [4.69, 9.17) is 19.0 Å². The molecule has 3 aromatic rings. The van der Waals surface area contributed by atoms with Crippen LogP contribution in [0.1, 0.15) is 36.0 Å². The van der Waals surface area contributed by atoms with Crippen LogP contribution in [-0.2, 0) is 14.0 Å². The zero-order valence-corrected chi connectivity index (χ0v) is 15.3. The average Bonchev–Trinajstić information content (AvgIpc) is 3.16. The Hall–Kier alpha value is -2.47. The number of methoxy groups -OCH3 is 1. The van der Waals surface area contributed by atoms with Gasteiger partial charge in [-0.3, -0.25) is 0 Å². The van der Waals surface area contributed by atoms with Crippen molar-refractivity contribution in [3.63, 3.8) is 0 Å². The van der Waals surface area contributed by atoms with Crippen molar-refractivity contribution in [2.45, 2.75) is 25.2 Å². The van der Waals surface area contributed by atoms with E-state index in [2.05, 4.69) is 30.3 Å². The second-order valence-electron chi connectivity index (χ2n) is 7.01. The van der Waals surface area contributed by atoms with Crippen molar-refractivity contribution in [2.24, 2.45) is 0 Å². The Bertz CT molecular complexity index is 1030. The third kappa shape index (κ3) is 2.79. The van der Waals surface area contributed by atoms with Gasteiger partial charge in [-0.25, -0.2) is 4.98 Å². The smallest absolute Gasteiger partial charge is 0.398 e. The minimum atomic E-state index is -0.420. The van der Waals surface area contributed by atoms with Crippen molar-refractivity contribution in [3.8, 4) is 0 Å². The normalized spacial score (nSPS) is 21.9. The lowest BCUT2D eigenvalue weighted by Crippen LogP contribution is -2.36. The fourth-order valence-electron chi connectivity index (χ4n) is 3.92. The van der Waals surface area contributed by atoms with E-state index in [-0.39, 0.29) is 18.3 Å². The summed E-state index contributed by atoms with van der Waals surface area (Å²) in [5, 5.41) is 1.12. The molecule has 1 aliphatic heterocycles. The number of fused-ring (bicyclic) bond motifs is 4. The molecule has 2 aromatic carbocycles. The number of rotatable bonds is 3. The molecule has 5 heteroatoms. The van der Waals surface area contributed by atoms with Crippen LogP contribution in [0.4, 0.5) is 0 Å². The van der Waals surface area contributed by atoms with Crippen molar-refractivity contribution in [1.82, 2.24) is 4.98 Å². The molecule has 2 aliphatic rings. The van der Waals surface area contributed by atoms with E-state index in [1.165, 1.54) is 0 Å². The Morgan fingerprint density at radius 3 is 2.78 bits per heavy atom. The maximum absolute atomic E-state index is 6.39. The second-order valence-corrected chi connectivity index (χ2v) is 7.01. The fraction of sp³-hybridized carbons (Fsp3) is 0.227. The van der Waals surface area contributed by atoms with E-state index in [0.29, 0.717) is 0 Å². The van der Waals surface area contributed by atoms with Crippen molar-refractivity contribution in [3.05, 3.63) is 77.5 Å². The number of nitrogens with zero attached hydrogens (tertiary/aromatic N) is 1. The molecule has 1 aromatic heterocycles. The molecule has 0 amide bonds.